The Hall–Kier alpha value is -1.58. The molecule has 0 aromatic heterocycles. The second-order valence-electron chi connectivity index (χ2n) is 6.11. The molecule has 0 spiro atoms. The van der Waals surface area contributed by atoms with Gasteiger partial charge in [-0.2, -0.15) is 0 Å². The van der Waals surface area contributed by atoms with E-state index in [-0.39, 0.29) is 6.04 Å². The van der Waals surface area contributed by atoms with Crippen molar-refractivity contribution in [1.29, 1.82) is 0 Å². The summed E-state index contributed by atoms with van der Waals surface area (Å²) >= 11 is 0. The van der Waals surface area contributed by atoms with Crippen LogP contribution in [0.2, 0.25) is 0 Å². The van der Waals surface area contributed by atoms with E-state index in [2.05, 4.69) is 24.4 Å². The third kappa shape index (κ3) is 3.04. The molecule has 0 amide bonds. The van der Waals surface area contributed by atoms with Gasteiger partial charge in [-0.05, 0) is 59.8 Å². The summed E-state index contributed by atoms with van der Waals surface area (Å²) in [4.78, 5) is 0. The van der Waals surface area contributed by atoms with Gasteiger partial charge in [0.1, 0.15) is 5.75 Å². The quantitative estimate of drug-likeness (QED) is 0.909. The van der Waals surface area contributed by atoms with Crippen LogP contribution in [0.25, 0.3) is 10.8 Å². The van der Waals surface area contributed by atoms with Crippen molar-refractivity contribution >= 4 is 10.8 Å². The second kappa shape index (κ2) is 6.04. The van der Waals surface area contributed by atoms with E-state index < -0.39 is 6.10 Å². The van der Waals surface area contributed by atoms with Gasteiger partial charge >= 0.3 is 0 Å². The first-order valence-electron chi connectivity index (χ1n) is 7.66. The van der Waals surface area contributed by atoms with Crippen LogP contribution in [0.15, 0.2) is 36.4 Å². The van der Waals surface area contributed by atoms with Crippen LogP contribution in [0.5, 0.6) is 5.75 Å². The summed E-state index contributed by atoms with van der Waals surface area (Å²) in [6.07, 6.45) is 1.78. The lowest BCUT2D eigenvalue weighted by atomic mass is 9.88. The standard InChI is InChI=1S/C18H23NO2/c1-12-7-8-19-17(9-12)18(20)15-4-3-14-11-16(21-2)6-5-13(14)10-15/h3-6,10-12,17-20H,7-9H2,1-2H3. The Balaban J connectivity index is 1.86. The molecule has 1 aliphatic heterocycles. The van der Waals surface area contributed by atoms with Crippen molar-refractivity contribution in [1.82, 2.24) is 5.32 Å². The second-order valence-corrected chi connectivity index (χ2v) is 6.11. The SMILES string of the molecule is COc1ccc2cc(C(O)C3CC(C)CCN3)ccc2c1. The Labute approximate surface area is 125 Å². The highest BCUT2D eigenvalue weighted by atomic mass is 16.5. The number of piperidine rings is 1. The molecule has 0 aliphatic carbocycles. The molecule has 1 saturated heterocycles. The fourth-order valence-electron chi connectivity index (χ4n) is 3.18. The highest BCUT2D eigenvalue weighted by molar-refractivity contribution is 5.84. The molecule has 0 bridgehead atoms. The van der Waals surface area contributed by atoms with Crippen LogP contribution in [-0.4, -0.2) is 24.8 Å². The first-order chi connectivity index (χ1) is 10.2. The minimum atomic E-state index is -0.445. The summed E-state index contributed by atoms with van der Waals surface area (Å²) in [6.45, 7) is 3.25. The van der Waals surface area contributed by atoms with E-state index >= 15 is 0 Å². The van der Waals surface area contributed by atoms with Crippen molar-refractivity contribution in [2.75, 3.05) is 13.7 Å². The molecule has 3 atom stereocenters. The minimum Gasteiger partial charge on any atom is -0.497 e. The van der Waals surface area contributed by atoms with Crippen molar-refractivity contribution in [3.8, 4) is 5.75 Å². The van der Waals surface area contributed by atoms with E-state index in [1.54, 1.807) is 7.11 Å². The third-order valence-electron chi connectivity index (χ3n) is 4.49. The number of aliphatic hydroxyl groups is 1. The molecule has 3 heteroatoms. The van der Waals surface area contributed by atoms with Crippen LogP contribution in [-0.2, 0) is 0 Å². The van der Waals surface area contributed by atoms with Gasteiger partial charge < -0.3 is 15.2 Å². The van der Waals surface area contributed by atoms with Crippen LogP contribution < -0.4 is 10.1 Å². The van der Waals surface area contributed by atoms with Gasteiger partial charge in [0.05, 0.1) is 13.2 Å². The van der Waals surface area contributed by atoms with Crippen molar-refractivity contribution < 1.29 is 9.84 Å². The molecule has 3 unspecified atom stereocenters. The summed E-state index contributed by atoms with van der Waals surface area (Å²) in [5.74, 6) is 1.54. The predicted molar refractivity (Wildman–Crippen MR) is 85.6 cm³/mol. The lowest BCUT2D eigenvalue weighted by molar-refractivity contribution is 0.101. The number of nitrogens with one attached hydrogen (secondary N) is 1. The largest absolute Gasteiger partial charge is 0.497 e. The molecule has 0 radical (unpaired) electrons. The summed E-state index contributed by atoms with van der Waals surface area (Å²) in [7, 11) is 1.68. The zero-order chi connectivity index (χ0) is 14.8. The zero-order valence-electron chi connectivity index (χ0n) is 12.7. The summed E-state index contributed by atoms with van der Waals surface area (Å²) in [6, 6.07) is 12.3. The van der Waals surface area contributed by atoms with Crippen molar-refractivity contribution in [2.24, 2.45) is 5.92 Å². The normalized spacial score (nSPS) is 24.0. The number of aliphatic hydroxyl groups excluding tert-OH is 1. The number of hydrogen-bond donors (Lipinski definition) is 2. The maximum Gasteiger partial charge on any atom is 0.119 e. The van der Waals surface area contributed by atoms with Gasteiger partial charge in [-0.15, -0.1) is 0 Å². The molecule has 2 aromatic rings. The molecular weight excluding hydrogens is 262 g/mol. The molecule has 3 nitrogen and oxygen atoms in total. The smallest absolute Gasteiger partial charge is 0.119 e. The van der Waals surface area contributed by atoms with Gasteiger partial charge in [-0.25, -0.2) is 0 Å². The molecule has 1 heterocycles. The molecule has 2 N–H and O–H groups in total. The van der Waals surface area contributed by atoms with Crippen LogP contribution in [0, 0.1) is 5.92 Å². The van der Waals surface area contributed by atoms with Crippen LogP contribution in [0.4, 0.5) is 0 Å². The van der Waals surface area contributed by atoms with Gasteiger partial charge in [0.25, 0.3) is 0 Å². The monoisotopic (exact) mass is 285 g/mol. The highest BCUT2D eigenvalue weighted by Gasteiger charge is 2.25. The first-order valence-corrected chi connectivity index (χ1v) is 7.66. The van der Waals surface area contributed by atoms with E-state index in [4.69, 9.17) is 4.74 Å². The number of hydrogen-bond acceptors (Lipinski definition) is 3. The summed E-state index contributed by atoms with van der Waals surface area (Å²) in [5.41, 5.74) is 0.985. The van der Waals surface area contributed by atoms with Crippen LogP contribution in [0.1, 0.15) is 31.4 Å². The summed E-state index contributed by atoms with van der Waals surface area (Å²) < 4.78 is 5.25. The Morgan fingerprint density at radius 2 is 1.95 bits per heavy atom. The maximum atomic E-state index is 10.6. The van der Waals surface area contributed by atoms with Crippen LogP contribution in [0.3, 0.4) is 0 Å². The lowest BCUT2D eigenvalue weighted by Crippen LogP contribution is -2.41. The number of ether oxygens (including phenoxy) is 1. The third-order valence-corrected chi connectivity index (χ3v) is 4.49. The first kappa shape index (κ1) is 14.4. The van der Waals surface area contributed by atoms with E-state index in [0.717, 1.165) is 35.1 Å². The number of rotatable bonds is 3. The average Bonchev–Trinajstić information content (AvgIpc) is 2.53. The summed E-state index contributed by atoms with van der Waals surface area (Å²) in [5, 5.41) is 16.4. The molecule has 3 rings (SSSR count). The van der Waals surface area contributed by atoms with Crippen LogP contribution >= 0.6 is 0 Å². The molecule has 0 saturated carbocycles. The number of methoxy groups -OCH3 is 1. The van der Waals surface area contributed by atoms with Crippen molar-refractivity contribution in [3.63, 3.8) is 0 Å². The molecule has 21 heavy (non-hydrogen) atoms. The van der Waals surface area contributed by atoms with E-state index in [0.29, 0.717) is 5.92 Å². The van der Waals surface area contributed by atoms with Gasteiger partial charge in [0.2, 0.25) is 0 Å². The Bertz CT molecular complexity index is 626. The van der Waals surface area contributed by atoms with E-state index in [1.165, 1.54) is 6.42 Å². The minimum absolute atomic E-state index is 0.157. The van der Waals surface area contributed by atoms with Crippen molar-refractivity contribution in [3.05, 3.63) is 42.0 Å². The molecule has 2 aromatic carbocycles. The Kier molecular flexibility index (Phi) is 4.13. The lowest BCUT2D eigenvalue weighted by Gasteiger charge is -2.32. The number of benzene rings is 2. The number of fused-ring (bicyclic) bond motifs is 1. The zero-order valence-corrected chi connectivity index (χ0v) is 12.7. The van der Waals surface area contributed by atoms with Gasteiger partial charge in [-0.1, -0.05) is 25.1 Å². The Morgan fingerprint density at radius 3 is 2.71 bits per heavy atom. The average molecular weight is 285 g/mol. The van der Waals surface area contributed by atoms with Gasteiger partial charge in [0, 0.05) is 6.04 Å². The van der Waals surface area contributed by atoms with E-state index in [1.807, 2.05) is 24.3 Å². The van der Waals surface area contributed by atoms with Gasteiger partial charge in [-0.3, -0.25) is 0 Å². The van der Waals surface area contributed by atoms with Gasteiger partial charge in [0.15, 0.2) is 0 Å². The predicted octanol–water partition coefficient (Wildman–Crippen LogP) is 3.27. The van der Waals surface area contributed by atoms with Crippen molar-refractivity contribution in [2.45, 2.75) is 31.9 Å². The molecule has 112 valence electrons. The van der Waals surface area contributed by atoms with E-state index in [9.17, 15) is 5.11 Å². The molecule has 1 aliphatic rings. The maximum absolute atomic E-state index is 10.6. The highest BCUT2D eigenvalue weighted by Crippen LogP contribution is 2.29. The molecular formula is C18H23NO2. The fraction of sp³-hybridized carbons (Fsp3) is 0.444. The topological polar surface area (TPSA) is 41.5 Å². The Morgan fingerprint density at radius 1 is 1.19 bits per heavy atom. The molecule has 1 fully saturated rings. The fourth-order valence-corrected chi connectivity index (χ4v) is 3.18.